The Morgan fingerprint density at radius 3 is 2.62 bits per heavy atom. The molecule has 1 aliphatic heterocycles. The Kier molecular flexibility index (Phi) is 12.0. The molecule has 1 aliphatic rings. The van der Waals surface area contributed by atoms with Crippen LogP contribution in [-0.2, 0) is 17.6 Å². The third-order valence-corrected chi connectivity index (χ3v) is 5.34. The first-order valence-electron chi connectivity index (χ1n) is 11.3. The van der Waals surface area contributed by atoms with Crippen LogP contribution in [0, 0.1) is 0 Å². The van der Waals surface area contributed by atoms with Gasteiger partial charge in [0.15, 0.2) is 5.96 Å². The number of hydrogen-bond acceptors (Lipinski definition) is 4. The van der Waals surface area contributed by atoms with Gasteiger partial charge in [0, 0.05) is 38.6 Å². The second-order valence-electron chi connectivity index (χ2n) is 7.68. The molecule has 0 bridgehead atoms. The molecule has 3 rings (SSSR count). The van der Waals surface area contributed by atoms with Crippen LogP contribution in [0.2, 0.25) is 0 Å². The molecule has 0 spiro atoms. The van der Waals surface area contributed by atoms with E-state index in [-0.39, 0.29) is 36.1 Å². The third kappa shape index (κ3) is 9.10. The molecule has 1 fully saturated rings. The number of amides is 1. The SMILES string of the molecule is CCOC(=O)N1CCC(NC(=NCCCc2ccccc2)NCCc2ccco2)CC1.I. The number of carbonyl (C=O) groups excluding carboxylic acids is 1. The summed E-state index contributed by atoms with van der Waals surface area (Å²) in [6.45, 7) is 5.15. The quantitative estimate of drug-likeness (QED) is 0.210. The van der Waals surface area contributed by atoms with Crippen molar-refractivity contribution in [3.05, 3.63) is 60.1 Å². The number of guanidine groups is 1. The lowest BCUT2D eigenvalue weighted by Crippen LogP contribution is -2.50. The maximum Gasteiger partial charge on any atom is 0.409 e. The van der Waals surface area contributed by atoms with Gasteiger partial charge in [-0.3, -0.25) is 4.99 Å². The minimum Gasteiger partial charge on any atom is -0.469 e. The highest BCUT2D eigenvalue weighted by molar-refractivity contribution is 14.0. The Morgan fingerprint density at radius 2 is 1.94 bits per heavy atom. The number of piperidine rings is 1. The van der Waals surface area contributed by atoms with Gasteiger partial charge in [0.25, 0.3) is 0 Å². The molecule has 2 aromatic rings. The first-order chi connectivity index (χ1) is 15.2. The molecule has 0 unspecified atom stereocenters. The Bertz CT molecular complexity index is 791. The minimum atomic E-state index is -0.215. The van der Waals surface area contributed by atoms with Crippen LogP contribution in [0.25, 0.3) is 0 Å². The van der Waals surface area contributed by atoms with Gasteiger partial charge in [-0.25, -0.2) is 4.79 Å². The Labute approximate surface area is 208 Å². The molecule has 8 heteroatoms. The summed E-state index contributed by atoms with van der Waals surface area (Å²) < 4.78 is 10.5. The third-order valence-electron chi connectivity index (χ3n) is 5.34. The highest BCUT2D eigenvalue weighted by Crippen LogP contribution is 2.11. The highest BCUT2D eigenvalue weighted by atomic mass is 127. The Morgan fingerprint density at radius 1 is 1.16 bits per heavy atom. The van der Waals surface area contributed by atoms with Gasteiger partial charge >= 0.3 is 6.09 Å². The summed E-state index contributed by atoms with van der Waals surface area (Å²) in [6, 6.07) is 14.7. The van der Waals surface area contributed by atoms with Crippen molar-refractivity contribution in [3.63, 3.8) is 0 Å². The van der Waals surface area contributed by atoms with Crippen LogP contribution in [0.1, 0.15) is 37.5 Å². The van der Waals surface area contributed by atoms with Crippen LogP contribution in [-0.4, -0.2) is 55.8 Å². The fourth-order valence-corrected chi connectivity index (χ4v) is 3.64. The summed E-state index contributed by atoms with van der Waals surface area (Å²) in [7, 11) is 0. The molecule has 1 saturated heterocycles. The molecule has 1 amide bonds. The van der Waals surface area contributed by atoms with Gasteiger partial charge in [-0.15, -0.1) is 24.0 Å². The Hall–Kier alpha value is -2.23. The number of likely N-dealkylation sites (tertiary alicyclic amines) is 1. The summed E-state index contributed by atoms with van der Waals surface area (Å²) in [5, 5.41) is 6.99. The largest absolute Gasteiger partial charge is 0.469 e. The van der Waals surface area contributed by atoms with Crippen molar-refractivity contribution in [3.8, 4) is 0 Å². The van der Waals surface area contributed by atoms with Gasteiger partial charge in [-0.1, -0.05) is 30.3 Å². The second-order valence-corrected chi connectivity index (χ2v) is 7.68. The van der Waals surface area contributed by atoms with Crippen LogP contribution in [0.15, 0.2) is 58.1 Å². The molecule has 1 aromatic carbocycles. The van der Waals surface area contributed by atoms with Gasteiger partial charge in [0.1, 0.15) is 5.76 Å². The van der Waals surface area contributed by atoms with Crippen molar-refractivity contribution >= 4 is 36.0 Å². The molecular weight excluding hydrogens is 519 g/mol. The first kappa shape index (κ1) is 26.0. The molecular formula is C24H35IN4O3. The van der Waals surface area contributed by atoms with Crippen molar-refractivity contribution in [1.82, 2.24) is 15.5 Å². The zero-order valence-corrected chi connectivity index (χ0v) is 21.1. The van der Waals surface area contributed by atoms with Crippen molar-refractivity contribution in [2.24, 2.45) is 4.99 Å². The summed E-state index contributed by atoms with van der Waals surface area (Å²) in [6.07, 6.45) is 6.05. The van der Waals surface area contributed by atoms with Gasteiger partial charge in [-0.05, 0) is 50.3 Å². The van der Waals surface area contributed by atoms with E-state index in [1.807, 2.05) is 25.1 Å². The van der Waals surface area contributed by atoms with E-state index in [9.17, 15) is 4.79 Å². The van der Waals surface area contributed by atoms with Crippen LogP contribution >= 0.6 is 24.0 Å². The molecule has 176 valence electrons. The van der Waals surface area contributed by atoms with Crippen molar-refractivity contribution in [2.75, 3.05) is 32.8 Å². The average molecular weight is 554 g/mol. The fraction of sp³-hybridized carbons (Fsp3) is 0.500. The van der Waals surface area contributed by atoms with Crippen LogP contribution < -0.4 is 10.6 Å². The molecule has 7 nitrogen and oxygen atoms in total. The van der Waals surface area contributed by atoms with Gasteiger partial charge in [0.05, 0.1) is 12.9 Å². The number of benzene rings is 1. The van der Waals surface area contributed by atoms with Gasteiger partial charge in [-0.2, -0.15) is 0 Å². The predicted octanol–water partition coefficient (Wildman–Crippen LogP) is 4.23. The van der Waals surface area contributed by atoms with E-state index >= 15 is 0 Å². The second kappa shape index (κ2) is 14.8. The van der Waals surface area contributed by atoms with E-state index in [1.54, 1.807) is 11.2 Å². The number of nitrogens with zero attached hydrogens (tertiary/aromatic N) is 2. The van der Waals surface area contributed by atoms with Crippen LogP contribution in [0.4, 0.5) is 4.79 Å². The molecule has 0 aliphatic carbocycles. The normalized spacial score (nSPS) is 14.5. The molecule has 0 saturated carbocycles. The van der Waals surface area contributed by atoms with Gasteiger partial charge in [0.2, 0.25) is 0 Å². The summed E-state index contributed by atoms with van der Waals surface area (Å²) in [5.41, 5.74) is 1.34. The highest BCUT2D eigenvalue weighted by Gasteiger charge is 2.24. The number of rotatable bonds is 9. The van der Waals surface area contributed by atoms with Crippen molar-refractivity contribution in [2.45, 2.75) is 45.1 Å². The summed E-state index contributed by atoms with van der Waals surface area (Å²) in [4.78, 5) is 18.5. The van der Waals surface area contributed by atoms with Crippen molar-refractivity contribution < 1.29 is 13.9 Å². The number of furan rings is 1. The van der Waals surface area contributed by atoms with E-state index in [4.69, 9.17) is 14.1 Å². The van der Waals surface area contributed by atoms with E-state index in [0.717, 1.165) is 56.9 Å². The fourth-order valence-electron chi connectivity index (χ4n) is 3.64. The minimum absolute atomic E-state index is 0. The van der Waals surface area contributed by atoms with Crippen LogP contribution in [0.5, 0.6) is 0 Å². The zero-order valence-electron chi connectivity index (χ0n) is 18.8. The smallest absolute Gasteiger partial charge is 0.409 e. The number of ether oxygens (including phenoxy) is 1. The lowest BCUT2D eigenvalue weighted by atomic mass is 10.1. The van der Waals surface area contributed by atoms with E-state index in [1.165, 1.54) is 5.56 Å². The van der Waals surface area contributed by atoms with E-state index < -0.39 is 0 Å². The number of carbonyl (C=O) groups is 1. The lowest BCUT2D eigenvalue weighted by molar-refractivity contribution is 0.0963. The van der Waals surface area contributed by atoms with E-state index in [0.29, 0.717) is 19.7 Å². The maximum absolute atomic E-state index is 11.9. The lowest BCUT2D eigenvalue weighted by Gasteiger charge is -2.32. The summed E-state index contributed by atoms with van der Waals surface area (Å²) >= 11 is 0. The number of nitrogens with one attached hydrogen (secondary N) is 2. The molecule has 2 heterocycles. The van der Waals surface area contributed by atoms with Gasteiger partial charge < -0.3 is 24.7 Å². The number of aryl methyl sites for hydroxylation is 1. The molecule has 1 aromatic heterocycles. The number of hydrogen-bond donors (Lipinski definition) is 2. The summed E-state index contributed by atoms with van der Waals surface area (Å²) in [5.74, 6) is 1.79. The Balaban J connectivity index is 0.00000363. The van der Waals surface area contributed by atoms with E-state index in [2.05, 4.69) is 34.9 Å². The molecule has 0 atom stereocenters. The zero-order chi connectivity index (χ0) is 21.7. The average Bonchev–Trinajstić information content (AvgIpc) is 3.31. The van der Waals surface area contributed by atoms with Crippen molar-refractivity contribution in [1.29, 1.82) is 0 Å². The predicted molar refractivity (Wildman–Crippen MR) is 138 cm³/mol. The maximum atomic E-state index is 11.9. The topological polar surface area (TPSA) is 79.1 Å². The van der Waals surface area contributed by atoms with Crippen LogP contribution in [0.3, 0.4) is 0 Å². The molecule has 32 heavy (non-hydrogen) atoms. The monoisotopic (exact) mass is 554 g/mol. The molecule has 2 N–H and O–H groups in total. The molecule has 0 radical (unpaired) electrons. The standard InChI is InChI=1S/C24H34N4O3.HI/c1-2-30-24(29)28-17-13-21(14-18-28)27-23(26-16-12-22-11-7-19-31-22)25-15-6-10-20-8-4-3-5-9-20;/h3-5,7-9,11,19,21H,2,6,10,12-18H2,1H3,(H2,25,26,27);1H. The first-order valence-corrected chi connectivity index (χ1v) is 11.3. The number of aliphatic imine (C=N–C) groups is 1. The number of halogens is 1.